The number of carboxylic acids is 1. The van der Waals surface area contributed by atoms with Crippen LogP contribution in [0.1, 0.15) is 142 Å². The molecule has 584 valence electrons. The van der Waals surface area contributed by atoms with Gasteiger partial charge in [0.15, 0.2) is 11.6 Å². The maximum Gasteiger partial charge on any atom is 0.407 e. The van der Waals surface area contributed by atoms with Crippen LogP contribution >= 0.6 is 0 Å². The number of ether oxygens (including phenoxy) is 1. The number of benzene rings is 4. The van der Waals surface area contributed by atoms with Crippen molar-refractivity contribution in [2.75, 3.05) is 79.5 Å². The highest BCUT2D eigenvalue weighted by atomic mass is 16.6. The third-order valence-electron chi connectivity index (χ3n) is 18.1. The van der Waals surface area contributed by atoms with Gasteiger partial charge < -0.3 is 78.5 Å². The number of amides is 10. The monoisotopic (exact) mass is 1470 g/mol. The lowest BCUT2D eigenvalue weighted by Crippen LogP contribution is -2.57. The smallest absolute Gasteiger partial charge is 0.407 e. The summed E-state index contributed by atoms with van der Waals surface area (Å²) in [5, 5.41) is 32.3. The Balaban J connectivity index is 0.000000395. The van der Waals surface area contributed by atoms with Gasteiger partial charge in [0.05, 0.1) is 18.1 Å². The van der Waals surface area contributed by atoms with E-state index in [4.69, 9.17) is 16.2 Å². The van der Waals surface area contributed by atoms with Gasteiger partial charge in [-0.1, -0.05) is 156 Å². The zero-order valence-corrected chi connectivity index (χ0v) is 64.1. The fourth-order valence-electron chi connectivity index (χ4n) is 12.4. The number of nitrogens with one attached hydrogen (secondary N) is 8. The highest BCUT2D eigenvalue weighted by molar-refractivity contribution is 5.96. The second-order valence-corrected chi connectivity index (χ2v) is 29.2. The van der Waals surface area contributed by atoms with Crippen molar-refractivity contribution >= 4 is 65.2 Å². The number of hydrogen-bond acceptors (Lipinski definition) is 15. The van der Waals surface area contributed by atoms with Crippen molar-refractivity contribution in [2.45, 2.75) is 181 Å². The molecular formula is C80H121N13O13. The molecule has 0 radical (unpaired) electrons. The summed E-state index contributed by atoms with van der Waals surface area (Å²) < 4.78 is 5.20. The summed E-state index contributed by atoms with van der Waals surface area (Å²) >= 11 is 0. The van der Waals surface area contributed by atoms with E-state index in [-0.39, 0.29) is 91.2 Å². The molecule has 2 aliphatic heterocycles. The molecule has 4 aromatic rings. The number of hydrogen-bond donors (Lipinski definition) is 11. The second kappa shape index (κ2) is 48.0. The Morgan fingerprint density at radius 2 is 0.877 bits per heavy atom. The summed E-state index contributed by atoms with van der Waals surface area (Å²) in [6.07, 6.45) is 4.21. The van der Waals surface area contributed by atoms with E-state index in [9.17, 15) is 57.8 Å². The predicted molar refractivity (Wildman–Crippen MR) is 411 cm³/mol. The topological polar surface area (TPSA) is 375 Å². The summed E-state index contributed by atoms with van der Waals surface area (Å²) in [7, 11) is 3.23. The van der Waals surface area contributed by atoms with Gasteiger partial charge in [-0.2, -0.15) is 0 Å². The molecule has 13 N–H and O–H groups in total. The van der Waals surface area contributed by atoms with Crippen LogP contribution in [0.2, 0.25) is 0 Å². The predicted octanol–water partition coefficient (Wildman–Crippen LogP) is 6.71. The molecule has 26 nitrogen and oxygen atoms in total. The number of carbonyl (C=O) groups excluding carboxylic acids is 10. The van der Waals surface area contributed by atoms with Crippen molar-refractivity contribution < 1.29 is 62.6 Å². The summed E-state index contributed by atoms with van der Waals surface area (Å²) in [6, 6.07) is 33.2. The average molecular weight is 1470 g/mol. The van der Waals surface area contributed by atoms with Gasteiger partial charge in [0.2, 0.25) is 29.5 Å². The number of carboxylic acid groups (broad SMARTS) is 1. The van der Waals surface area contributed by atoms with Gasteiger partial charge in [0.25, 0.3) is 0 Å². The molecule has 2 heterocycles. The number of Topliss-reactive ketones (excluding diaryl/α,β-unsaturated/α-hetero) is 2. The Bertz CT molecular complexity index is 3330. The molecule has 0 unspecified atom stereocenters. The van der Waals surface area contributed by atoms with Crippen LogP contribution in [0.3, 0.4) is 0 Å². The molecule has 26 heteroatoms. The SMILES string of the molecule is CC(C)C[C@@H](CC(=O)[C@@H](Cc1ccccc1)NC(=O)[C@H](C)Cc1ccccc1)C(=O)N[C@H](CCCCNC(=O)OC(C)(C)C)C(=O)O.CNC(=O)N1CCN(C(=O)[C@@H](CCCCN)NC(=O)[C@H](CC(=O)[C@@H](Cc2ccccc2)NC(=O)[C@H](N)Cc2ccccc2)CC(C)C)CC1.CNC(=O)N1CCNCC1. The molecule has 4 aromatic carbocycles. The van der Waals surface area contributed by atoms with Crippen molar-refractivity contribution in [3.05, 3.63) is 144 Å². The fourth-order valence-corrected chi connectivity index (χ4v) is 12.4. The number of nitrogens with two attached hydrogens (primary N) is 2. The molecular weight excluding hydrogens is 1350 g/mol. The maximum atomic E-state index is 14.0. The van der Waals surface area contributed by atoms with E-state index < -0.39 is 71.5 Å². The third-order valence-corrected chi connectivity index (χ3v) is 18.1. The first-order chi connectivity index (χ1) is 50.5. The van der Waals surface area contributed by atoms with Gasteiger partial charge in [-0.25, -0.2) is 19.2 Å². The first-order valence-corrected chi connectivity index (χ1v) is 37.5. The molecule has 2 aliphatic rings. The molecule has 0 bridgehead atoms. The summed E-state index contributed by atoms with van der Waals surface area (Å²) in [4.78, 5) is 147. The molecule has 2 fully saturated rings. The van der Waals surface area contributed by atoms with E-state index in [0.29, 0.717) is 97.1 Å². The molecule has 10 amide bonds. The van der Waals surface area contributed by atoms with Crippen LogP contribution in [-0.4, -0.2) is 200 Å². The summed E-state index contributed by atoms with van der Waals surface area (Å²) in [6.45, 7) is 20.7. The molecule has 106 heavy (non-hydrogen) atoms. The minimum Gasteiger partial charge on any atom is -0.480 e. The highest BCUT2D eigenvalue weighted by Crippen LogP contribution is 2.23. The zero-order chi connectivity index (χ0) is 78.1. The Hall–Kier alpha value is -9.27. The molecule has 0 aliphatic carbocycles. The summed E-state index contributed by atoms with van der Waals surface area (Å²) in [5.74, 6) is -5.21. The van der Waals surface area contributed by atoms with Crippen molar-refractivity contribution in [1.82, 2.24) is 57.2 Å². The molecule has 0 saturated carbocycles. The lowest BCUT2D eigenvalue weighted by Gasteiger charge is -2.36. The second-order valence-electron chi connectivity index (χ2n) is 29.2. The quantitative estimate of drug-likeness (QED) is 0.0209. The van der Waals surface area contributed by atoms with Crippen molar-refractivity contribution in [1.29, 1.82) is 0 Å². The molecule has 8 atom stereocenters. The Kier molecular flexibility index (Phi) is 40.4. The van der Waals surface area contributed by atoms with Crippen LogP contribution in [0.25, 0.3) is 0 Å². The highest BCUT2D eigenvalue weighted by Gasteiger charge is 2.36. The van der Waals surface area contributed by atoms with Gasteiger partial charge in [-0.15, -0.1) is 0 Å². The van der Waals surface area contributed by atoms with E-state index >= 15 is 0 Å². The van der Waals surface area contributed by atoms with Gasteiger partial charge in [-0.3, -0.25) is 33.6 Å². The standard InChI is InChI=1S/C37H55N7O5.C37H53N3O7.C6H13N3O/c1-26(2)22-29(34(46)41-31(16-10-11-17-38)36(48)43-18-20-44(21-19-43)37(49)40-3)25-33(45)32(24-28-14-8-5-9-15-28)42-35(47)30(39)23-27-12-6-4-7-13-27;1-25(2)21-29(34(43)39-30(35(44)45)19-13-14-20-38-36(46)47-37(4,5)6)24-32(41)31(23-28-17-11-8-12-18-28)40-33(42)26(3)22-27-15-9-7-10-16-27;1-7-6(10)9-4-2-8-3-5-9/h4-9,12-15,26,29-32H,10-11,16-25,38-39H2,1-3H3,(H,40,49)(H,41,46)(H,42,47);7-12,15-18,25-26,29-31H,13-14,19-24H2,1-6H3,(H,38,46)(H,39,43)(H,40,42)(H,44,45);8H,2-5H2,1H3,(H,7,10)/t29-,30+,31+,32+;26-,29+,30-,31-;/m01./s1. The number of alkyl carbamates (subject to hydrolysis) is 1. The Morgan fingerprint density at radius 1 is 0.491 bits per heavy atom. The molecule has 2 saturated heterocycles. The van der Waals surface area contributed by atoms with E-state index in [1.807, 2.05) is 156 Å². The van der Waals surface area contributed by atoms with Gasteiger partial charge in [-0.05, 0) is 138 Å². The minimum absolute atomic E-state index is 0.0292. The minimum atomic E-state index is -1.17. The van der Waals surface area contributed by atoms with E-state index in [0.717, 1.165) is 48.4 Å². The van der Waals surface area contributed by atoms with Gasteiger partial charge in [0.1, 0.15) is 17.7 Å². The van der Waals surface area contributed by atoms with E-state index in [1.54, 1.807) is 49.6 Å². The molecule has 6 rings (SSSR count). The lowest BCUT2D eigenvalue weighted by molar-refractivity contribution is -0.143. The summed E-state index contributed by atoms with van der Waals surface area (Å²) in [5.41, 5.74) is 15.0. The number of unbranched alkanes of at least 4 members (excludes halogenated alkanes) is 2. The number of rotatable bonds is 37. The average Bonchev–Trinajstić information content (AvgIpc) is 0.852. The van der Waals surface area contributed by atoms with Crippen LogP contribution in [-0.2, 0) is 68.8 Å². The maximum absolute atomic E-state index is 14.0. The number of aliphatic carboxylic acids is 1. The first-order valence-electron chi connectivity index (χ1n) is 37.5. The van der Waals surface area contributed by atoms with Crippen molar-refractivity contribution in [3.8, 4) is 0 Å². The number of ketones is 2. The first kappa shape index (κ1) is 89.1. The third kappa shape index (κ3) is 34.8. The molecule has 0 spiro atoms. The molecule has 0 aromatic heterocycles. The largest absolute Gasteiger partial charge is 0.480 e. The van der Waals surface area contributed by atoms with Crippen LogP contribution in [0.5, 0.6) is 0 Å². The van der Waals surface area contributed by atoms with Crippen molar-refractivity contribution in [3.63, 3.8) is 0 Å². The van der Waals surface area contributed by atoms with Crippen LogP contribution < -0.4 is 54.0 Å². The van der Waals surface area contributed by atoms with E-state index in [1.165, 1.54) is 0 Å². The number of urea groups is 2. The number of carbonyl (C=O) groups is 11. The number of nitrogens with zero attached hydrogens (tertiary/aromatic N) is 3. The number of piperazine rings is 2. The lowest BCUT2D eigenvalue weighted by atomic mass is 9.88. The zero-order valence-electron chi connectivity index (χ0n) is 64.1. The Morgan fingerprint density at radius 3 is 1.30 bits per heavy atom. The van der Waals surface area contributed by atoms with E-state index in [2.05, 4.69) is 42.5 Å². The van der Waals surface area contributed by atoms with Crippen molar-refractivity contribution in [2.24, 2.45) is 41.1 Å². The van der Waals surface area contributed by atoms with Gasteiger partial charge in [0, 0.05) is 104 Å². The van der Waals surface area contributed by atoms with Crippen LogP contribution in [0, 0.1) is 29.6 Å². The fraction of sp³-hybridized carbons (Fsp3) is 0.562. The normalized spacial score (nSPS) is 15.1. The Labute approximate surface area is 627 Å². The van der Waals surface area contributed by atoms with Crippen LogP contribution in [0.4, 0.5) is 14.4 Å². The van der Waals surface area contributed by atoms with Crippen LogP contribution in [0.15, 0.2) is 121 Å². The van der Waals surface area contributed by atoms with Gasteiger partial charge >= 0.3 is 24.1 Å².